The van der Waals surface area contributed by atoms with E-state index in [1.165, 1.54) is 12.1 Å². The van der Waals surface area contributed by atoms with E-state index in [2.05, 4.69) is 0 Å². The van der Waals surface area contributed by atoms with Crippen molar-refractivity contribution in [1.82, 2.24) is 4.90 Å². The zero-order valence-corrected chi connectivity index (χ0v) is 11.5. The number of carbonyl (C=O) groups excluding carboxylic acids is 1. The summed E-state index contributed by atoms with van der Waals surface area (Å²) in [5, 5.41) is 8.83. The zero-order chi connectivity index (χ0) is 14.5. The lowest BCUT2D eigenvalue weighted by atomic mass is 10.1. The van der Waals surface area contributed by atoms with Crippen molar-refractivity contribution in [3.63, 3.8) is 0 Å². The maximum Gasteiger partial charge on any atom is 0.335 e. The van der Waals surface area contributed by atoms with Crippen LogP contribution >= 0.6 is 0 Å². The Morgan fingerprint density at radius 2 is 1.75 bits per heavy atom. The molecule has 0 aliphatic carbocycles. The predicted molar refractivity (Wildman–Crippen MR) is 74.0 cm³/mol. The molecular weight excluding hydrogens is 258 g/mol. The number of carboxylic acids is 1. The Morgan fingerprint density at radius 1 is 1.20 bits per heavy atom. The van der Waals surface area contributed by atoms with E-state index in [1.54, 1.807) is 17.0 Å². The van der Waals surface area contributed by atoms with Gasteiger partial charge in [-0.05, 0) is 44.0 Å². The minimum Gasteiger partial charge on any atom is -0.478 e. The molecule has 1 saturated heterocycles. The van der Waals surface area contributed by atoms with E-state index in [0.29, 0.717) is 25.3 Å². The lowest BCUT2D eigenvalue weighted by molar-refractivity contribution is 0.0146. The van der Waals surface area contributed by atoms with Crippen LogP contribution in [0.3, 0.4) is 0 Å². The number of likely N-dealkylation sites (tertiary alicyclic amines) is 1. The average molecular weight is 277 g/mol. The Labute approximate surface area is 118 Å². The number of carboxylic acid groups (broad SMARTS) is 1. The number of hydrogen-bond acceptors (Lipinski definition) is 3. The Kier molecular flexibility index (Phi) is 4.74. The fourth-order valence-corrected chi connectivity index (χ4v) is 2.40. The van der Waals surface area contributed by atoms with E-state index < -0.39 is 5.97 Å². The molecule has 108 valence electrons. The summed E-state index contributed by atoms with van der Waals surface area (Å²) in [5.74, 6) is -1.03. The van der Waals surface area contributed by atoms with E-state index in [4.69, 9.17) is 9.84 Å². The highest BCUT2D eigenvalue weighted by Gasteiger charge is 2.23. The van der Waals surface area contributed by atoms with Gasteiger partial charge in [0, 0.05) is 25.3 Å². The highest BCUT2D eigenvalue weighted by Crippen LogP contribution is 2.16. The van der Waals surface area contributed by atoms with Crippen LogP contribution in [-0.4, -0.2) is 47.7 Å². The molecule has 1 aliphatic rings. The van der Waals surface area contributed by atoms with E-state index in [1.807, 2.05) is 6.92 Å². The molecule has 1 N–H and O–H groups in total. The fourth-order valence-electron chi connectivity index (χ4n) is 2.40. The van der Waals surface area contributed by atoms with Crippen LogP contribution in [0.2, 0.25) is 0 Å². The largest absolute Gasteiger partial charge is 0.478 e. The van der Waals surface area contributed by atoms with Gasteiger partial charge in [-0.2, -0.15) is 0 Å². The van der Waals surface area contributed by atoms with Crippen molar-refractivity contribution >= 4 is 11.9 Å². The first kappa shape index (κ1) is 14.5. The van der Waals surface area contributed by atoms with E-state index in [9.17, 15) is 9.59 Å². The van der Waals surface area contributed by atoms with Gasteiger partial charge in [0.2, 0.25) is 0 Å². The second-order valence-corrected chi connectivity index (χ2v) is 4.83. The molecule has 0 radical (unpaired) electrons. The first-order valence-electron chi connectivity index (χ1n) is 6.86. The number of hydrogen-bond donors (Lipinski definition) is 1. The summed E-state index contributed by atoms with van der Waals surface area (Å²) < 4.78 is 5.56. The topological polar surface area (TPSA) is 66.8 Å². The average Bonchev–Trinajstić information content (AvgIpc) is 2.48. The third-order valence-electron chi connectivity index (χ3n) is 3.51. The summed E-state index contributed by atoms with van der Waals surface area (Å²) in [7, 11) is 0. The number of rotatable bonds is 4. The van der Waals surface area contributed by atoms with Gasteiger partial charge in [0.15, 0.2) is 0 Å². The van der Waals surface area contributed by atoms with Gasteiger partial charge in [-0.1, -0.05) is 0 Å². The minimum absolute atomic E-state index is 0.0445. The highest BCUT2D eigenvalue weighted by atomic mass is 16.5. The van der Waals surface area contributed by atoms with Gasteiger partial charge in [-0.15, -0.1) is 0 Å². The van der Waals surface area contributed by atoms with Crippen molar-refractivity contribution in [3.8, 4) is 0 Å². The normalized spacial score (nSPS) is 16.1. The Morgan fingerprint density at radius 3 is 2.25 bits per heavy atom. The predicted octanol–water partition coefficient (Wildman–Crippen LogP) is 2.03. The SMILES string of the molecule is CCOC1CCN(C(=O)c2ccc(C(=O)O)cc2)CC1. The molecule has 5 heteroatoms. The molecule has 0 unspecified atom stereocenters. The number of benzene rings is 1. The Balaban J connectivity index is 1.96. The lowest BCUT2D eigenvalue weighted by Crippen LogP contribution is -2.40. The second-order valence-electron chi connectivity index (χ2n) is 4.83. The quantitative estimate of drug-likeness (QED) is 0.914. The van der Waals surface area contributed by atoms with Crippen LogP contribution in [0.1, 0.15) is 40.5 Å². The number of ether oxygens (including phenoxy) is 1. The molecule has 0 spiro atoms. The molecule has 2 rings (SSSR count). The smallest absolute Gasteiger partial charge is 0.335 e. The second kappa shape index (κ2) is 6.52. The molecule has 0 atom stereocenters. The summed E-state index contributed by atoms with van der Waals surface area (Å²) in [6, 6.07) is 6.06. The van der Waals surface area contributed by atoms with Gasteiger partial charge in [0.25, 0.3) is 5.91 Å². The Hall–Kier alpha value is -1.88. The van der Waals surface area contributed by atoms with Gasteiger partial charge in [0.05, 0.1) is 11.7 Å². The van der Waals surface area contributed by atoms with Crippen molar-refractivity contribution in [2.45, 2.75) is 25.9 Å². The van der Waals surface area contributed by atoms with Crippen molar-refractivity contribution in [2.75, 3.05) is 19.7 Å². The molecule has 1 fully saturated rings. The van der Waals surface area contributed by atoms with E-state index in [-0.39, 0.29) is 17.6 Å². The van der Waals surface area contributed by atoms with Crippen LogP contribution < -0.4 is 0 Å². The molecule has 1 amide bonds. The van der Waals surface area contributed by atoms with Gasteiger partial charge in [0.1, 0.15) is 0 Å². The molecule has 0 bridgehead atoms. The molecule has 1 aliphatic heterocycles. The molecule has 0 saturated carbocycles. The van der Waals surface area contributed by atoms with Crippen LogP contribution in [0.15, 0.2) is 24.3 Å². The Bertz CT molecular complexity index is 475. The van der Waals surface area contributed by atoms with Crippen LogP contribution in [0, 0.1) is 0 Å². The summed E-state index contributed by atoms with van der Waals surface area (Å²) in [5.41, 5.74) is 0.724. The third-order valence-corrected chi connectivity index (χ3v) is 3.51. The minimum atomic E-state index is -0.985. The van der Waals surface area contributed by atoms with Crippen LogP contribution in [0.25, 0.3) is 0 Å². The molecule has 1 aromatic rings. The number of carbonyl (C=O) groups is 2. The van der Waals surface area contributed by atoms with Crippen molar-refractivity contribution in [1.29, 1.82) is 0 Å². The van der Waals surface area contributed by atoms with Gasteiger partial charge in [-0.3, -0.25) is 4.79 Å². The number of amides is 1. The summed E-state index contributed by atoms with van der Waals surface area (Å²) in [6.45, 7) is 4.05. The summed E-state index contributed by atoms with van der Waals surface area (Å²) in [6.07, 6.45) is 1.96. The van der Waals surface area contributed by atoms with E-state index >= 15 is 0 Å². The fraction of sp³-hybridized carbons (Fsp3) is 0.467. The van der Waals surface area contributed by atoms with Crippen molar-refractivity contribution < 1.29 is 19.4 Å². The van der Waals surface area contributed by atoms with Gasteiger partial charge in [-0.25, -0.2) is 4.79 Å². The first-order valence-corrected chi connectivity index (χ1v) is 6.86. The van der Waals surface area contributed by atoms with Crippen LogP contribution in [0.5, 0.6) is 0 Å². The third kappa shape index (κ3) is 3.36. The zero-order valence-electron chi connectivity index (χ0n) is 11.5. The molecular formula is C15H19NO4. The number of nitrogens with zero attached hydrogens (tertiary/aromatic N) is 1. The molecule has 1 aromatic carbocycles. The lowest BCUT2D eigenvalue weighted by Gasteiger charge is -2.31. The van der Waals surface area contributed by atoms with E-state index in [0.717, 1.165) is 12.8 Å². The van der Waals surface area contributed by atoms with Crippen LogP contribution in [-0.2, 0) is 4.74 Å². The summed E-state index contributed by atoms with van der Waals surface area (Å²) >= 11 is 0. The monoisotopic (exact) mass is 277 g/mol. The highest BCUT2D eigenvalue weighted by molar-refractivity contribution is 5.95. The molecule has 20 heavy (non-hydrogen) atoms. The maximum absolute atomic E-state index is 12.3. The molecule has 1 heterocycles. The van der Waals surface area contributed by atoms with Crippen molar-refractivity contribution in [2.24, 2.45) is 0 Å². The standard InChI is InChI=1S/C15H19NO4/c1-2-20-13-7-9-16(10-8-13)14(17)11-3-5-12(6-4-11)15(18)19/h3-6,13H,2,7-10H2,1H3,(H,18,19). The van der Waals surface area contributed by atoms with Gasteiger partial charge < -0.3 is 14.7 Å². The maximum atomic E-state index is 12.3. The number of aromatic carboxylic acids is 1. The molecule has 0 aromatic heterocycles. The van der Waals surface area contributed by atoms with Crippen molar-refractivity contribution in [3.05, 3.63) is 35.4 Å². The number of piperidine rings is 1. The molecule has 5 nitrogen and oxygen atoms in total. The van der Waals surface area contributed by atoms with Gasteiger partial charge >= 0.3 is 5.97 Å². The first-order chi connectivity index (χ1) is 9.61. The van der Waals surface area contributed by atoms with Crippen LogP contribution in [0.4, 0.5) is 0 Å². The summed E-state index contributed by atoms with van der Waals surface area (Å²) in [4.78, 5) is 24.9.